The van der Waals surface area contributed by atoms with Crippen LogP contribution in [0.2, 0.25) is 0 Å². The lowest BCUT2D eigenvalue weighted by Crippen LogP contribution is -2.12. The average Bonchev–Trinajstić information content (AvgIpc) is 2.95. The molecule has 0 atom stereocenters. The normalized spacial score (nSPS) is 13.1. The fourth-order valence-corrected chi connectivity index (χ4v) is 3.61. The standard InChI is InChI=1S/C24H21N3O3/c1-27-20-6-3-2-5-19(20)26-23(27)16-7-10-18(11-8-16)25-24(28)17-9-12-21-22(15-17)30-14-4-13-29-21/h2-3,5-12,15H,4,13-14H2,1H3,(H,25,28). The summed E-state index contributed by atoms with van der Waals surface area (Å²) in [6, 6.07) is 21.0. The Morgan fingerprint density at radius 2 is 1.73 bits per heavy atom. The summed E-state index contributed by atoms with van der Waals surface area (Å²) in [5, 5.41) is 2.94. The Hall–Kier alpha value is -3.80. The molecule has 1 aliphatic rings. The minimum absolute atomic E-state index is 0.193. The molecule has 1 N–H and O–H groups in total. The zero-order chi connectivity index (χ0) is 20.5. The van der Waals surface area contributed by atoms with Crippen LogP contribution in [0.3, 0.4) is 0 Å². The number of hydrogen-bond donors (Lipinski definition) is 1. The first kappa shape index (κ1) is 18.2. The molecule has 0 spiro atoms. The van der Waals surface area contributed by atoms with Crippen molar-refractivity contribution in [3.8, 4) is 22.9 Å². The van der Waals surface area contributed by atoms with Crippen LogP contribution in [0.5, 0.6) is 11.5 Å². The molecule has 0 aliphatic carbocycles. The third-order valence-electron chi connectivity index (χ3n) is 5.20. The summed E-state index contributed by atoms with van der Waals surface area (Å²) in [6.07, 6.45) is 0.827. The summed E-state index contributed by atoms with van der Waals surface area (Å²) in [7, 11) is 2.00. The van der Waals surface area contributed by atoms with Gasteiger partial charge in [-0.1, -0.05) is 12.1 Å². The maximum atomic E-state index is 12.7. The first-order valence-electron chi connectivity index (χ1n) is 9.92. The SMILES string of the molecule is Cn1c(-c2ccc(NC(=O)c3ccc4c(c3)OCCCO4)cc2)nc2ccccc21. The Bertz CT molecular complexity index is 1230. The molecule has 150 valence electrons. The van der Waals surface area contributed by atoms with Crippen LogP contribution in [0.15, 0.2) is 66.7 Å². The second-order valence-corrected chi connectivity index (χ2v) is 7.23. The van der Waals surface area contributed by atoms with Crippen molar-refractivity contribution in [2.24, 2.45) is 7.05 Å². The van der Waals surface area contributed by atoms with Crippen LogP contribution in [-0.2, 0) is 7.05 Å². The second-order valence-electron chi connectivity index (χ2n) is 7.23. The molecule has 1 aliphatic heterocycles. The molecule has 0 saturated carbocycles. The van der Waals surface area contributed by atoms with E-state index in [1.54, 1.807) is 18.2 Å². The highest BCUT2D eigenvalue weighted by molar-refractivity contribution is 6.04. The summed E-state index contributed by atoms with van der Waals surface area (Å²) in [6.45, 7) is 1.21. The quantitative estimate of drug-likeness (QED) is 0.544. The van der Waals surface area contributed by atoms with E-state index in [2.05, 4.69) is 16.0 Å². The smallest absolute Gasteiger partial charge is 0.255 e. The van der Waals surface area contributed by atoms with Crippen molar-refractivity contribution in [1.29, 1.82) is 0 Å². The van der Waals surface area contributed by atoms with Crippen LogP contribution < -0.4 is 14.8 Å². The van der Waals surface area contributed by atoms with Gasteiger partial charge < -0.3 is 19.4 Å². The number of amides is 1. The highest BCUT2D eigenvalue weighted by atomic mass is 16.5. The molecule has 1 aromatic heterocycles. The second kappa shape index (κ2) is 7.55. The molecule has 0 radical (unpaired) electrons. The molecular formula is C24H21N3O3. The molecule has 0 unspecified atom stereocenters. The first-order valence-corrected chi connectivity index (χ1v) is 9.92. The van der Waals surface area contributed by atoms with E-state index in [-0.39, 0.29) is 5.91 Å². The van der Waals surface area contributed by atoms with Gasteiger partial charge in [0.2, 0.25) is 0 Å². The molecule has 2 heterocycles. The van der Waals surface area contributed by atoms with Gasteiger partial charge in [0.1, 0.15) is 5.82 Å². The Morgan fingerprint density at radius 3 is 2.53 bits per heavy atom. The Kier molecular flexibility index (Phi) is 4.59. The number of carbonyl (C=O) groups excluding carboxylic acids is 1. The number of carbonyl (C=O) groups is 1. The summed E-state index contributed by atoms with van der Waals surface area (Å²) in [5.41, 5.74) is 4.27. The number of ether oxygens (including phenoxy) is 2. The molecule has 0 bridgehead atoms. The monoisotopic (exact) mass is 399 g/mol. The van der Waals surface area contributed by atoms with Gasteiger partial charge in [0.05, 0.1) is 24.2 Å². The van der Waals surface area contributed by atoms with Gasteiger partial charge in [0.25, 0.3) is 5.91 Å². The Labute approximate surface area is 174 Å². The van der Waals surface area contributed by atoms with Gasteiger partial charge in [0.15, 0.2) is 11.5 Å². The minimum Gasteiger partial charge on any atom is -0.490 e. The van der Waals surface area contributed by atoms with Crippen LogP contribution in [-0.4, -0.2) is 28.7 Å². The van der Waals surface area contributed by atoms with E-state index < -0.39 is 0 Å². The number of imidazole rings is 1. The van der Waals surface area contributed by atoms with Crippen LogP contribution >= 0.6 is 0 Å². The lowest BCUT2D eigenvalue weighted by atomic mass is 10.1. The maximum absolute atomic E-state index is 12.7. The van der Waals surface area contributed by atoms with Crippen molar-refractivity contribution in [2.75, 3.05) is 18.5 Å². The first-order chi connectivity index (χ1) is 14.7. The molecule has 30 heavy (non-hydrogen) atoms. The molecule has 5 rings (SSSR count). The van der Waals surface area contributed by atoms with Crippen molar-refractivity contribution in [1.82, 2.24) is 9.55 Å². The van der Waals surface area contributed by atoms with Crippen molar-refractivity contribution in [3.63, 3.8) is 0 Å². The molecule has 1 amide bonds. The van der Waals surface area contributed by atoms with Crippen LogP contribution in [0.1, 0.15) is 16.8 Å². The number of para-hydroxylation sites is 2. The Morgan fingerprint density at radius 1 is 0.967 bits per heavy atom. The predicted molar refractivity (Wildman–Crippen MR) is 116 cm³/mol. The van der Waals surface area contributed by atoms with Gasteiger partial charge in [-0.15, -0.1) is 0 Å². The summed E-state index contributed by atoms with van der Waals surface area (Å²) >= 11 is 0. The van der Waals surface area contributed by atoms with E-state index in [1.807, 2.05) is 49.5 Å². The van der Waals surface area contributed by atoms with Gasteiger partial charge in [-0.2, -0.15) is 0 Å². The topological polar surface area (TPSA) is 65.4 Å². The van der Waals surface area contributed by atoms with Crippen molar-refractivity contribution in [3.05, 3.63) is 72.3 Å². The molecule has 0 fully saturated rings. The van der Waals surface area contributed by atoms with Gasteiger partial charge in [0, 0.05) is 30.3 Å². The molecule has 3 aromatic carbocycles. The number of rotatable bonds is 3. The summed E-state index contributed by atoms with van der Waals surface area (Å²) in [5.74, 6) is 1.98. The fourth-order valence-electron chi connectivity index (χ4n) is 3.61. The highest BCUT2D eigenvalue weighted by Crippen LogP contribution is 2.31. The third-order valence-corrected chi connectivity index (χ3v) is 5.20. The number of benzene rings is 3. The Balaban J connectivity index is 1.35. The largest absolute Gasteiger partial charge is 0.490 e. The van der Waals surface area contributed by atoms with Crippen molar-refractivity contribution >= 4 is 22.6 Å². The van der Waals surface area contributed by atoms with Gasteiger partial charge >= 0.3 is 0 Å². The lowest BCUT2D eigenvalue weighted by Gasteiger charge is -2.10. The van der Waals surface area contributed by atoms with Gasteiger partial charge in [-0.3, -0.25) is 4.79 Å². The number of hydrogen-bond acceptors (Lipinski definition) is 4. The van der Waals surface area contributed by atoms with E-state index >= 15 is 0 Å². The number of nitrogens with one attached hydrogen (secondary N) is 1. The highest BCUT2D eigenvalue weighted by Gasteiger charge is 2.15. The van der Waals surface area contributed by atoms with E-state index in [0.717, 1.165) is 34.5 Å². The zero-order valence-corrected chi connectivity index (χ0v) is 16.6. The molecule has 4 aromatic rings. The van der Waals surface area contributed by atoms with Crippen molar-refractivity contribution in [2.45, 2.75) is 6.42 Å². The number of aryl methyl sites for hydroxylation is 1. The predicted octanol–water partition coefficient (Wildman–Crippen LogP) is 4.65. The summed E-state index contributed by atoms with van der Waals surface area (Å²) < 4.78 is 13.4. The zero-order valence-electron chi connectivity index (χ0n) is 16.6. The number of nitrogens with zero attached hydrogens (tertiary/aromatic N) is 2. The van der Waals surface area contributed by atoms with E-state index in [4.69, 9.17) is 14.5 Å². The number of aromatic nitrogens is 2. The molecule has 0 saturated heterocycles. The van der Waals surface area contributed by atoms with E-state index in [9.17, 15) is 4.79 Å². The molecule has 6 nitrogen and oxygen atoms in total. The van der Waals surface area contributed by atoms with Gasteiger partial charge in [-0.05, 0) is 54.6 Å². The third kappa shape index (κ3) is 3.37. The molecule has 6 heteroatoms. The maximum Gasteiger partial charge on any atom is 0.255 e. The lowest BCUT2D eigenvalue weighted by molar-refractivity contribution is 0.102. The number of anilines is 1. The van der Waals surface area contributed by atoms with Crippen LogP contribution in [0.4, 0.5) is 5.69 Å². The average molecular weight is 399 g/mol. The molecular weight excluding hydrogens is 378 g/mol. The minimum atomic E-state index is -0.193. The fraction of sp³-hybridized carbons (Fsp3) is 0.167. The number of fused-ring (bicyclic) bond motifs is 2. The van der Waals surface area contributed by atoms with Crippen LogP contribution in [0.25, 0.3) is 22.4 Å². The summed E-state index contributed by atoms with van der Waals surface area (Å²) in [4.78, 5) is 17.4. The van der Waals surface area contributed by atoms with Gasteiger partial charge in [-0.25, -0.2) is 4.98 Å². The van der Waals surface area contributed by atoms with E-state index in [0.29, 0.717) is 30.3 Å². The van der Waals surface area contributed by atoms with E-state index in [1.165, 1.54) is 0 Å². The van der Waals surface area contributed by atoms with Crippen LogP contribution in [0, 0.1) is 0 Å². The van der Waals surface area contributed by atoms with Crippen molar-refractivity contribution < 1.29 is 14.3 Å².